The lowest BCUT2D eigenvalue weighted by atomic mass is 9.89. The number of carbonyl (C=O) groups excluding carboxylic acids is 1. The molecule has 0 bridgehead atoms. The van der Waals surface area contributed by atoms with Gasteiger partial charge in [0.05, 0.1) is 6.04 Å². The fourth-order valence-corrected chi connectivity index (χ4v) is 2.90. The van der Waals surface area contributed by atoms with Crippen molar-refractivity contribution in [3.63, 3.8) is 0 Å². The summed E-state index contributed by atoms with van der Waals surface area (Å²) in [6.07, 6.45) is 6.05. The Bertz CT molecular complexity index is 275. The van der Waals surface area contributed by atoms with Gasteiger partial charge in [-0.05, 0) is 51.0 Å². The van der Waals surface area contributed by atoms with E-state index in [0.717, 1.165) is 24.8 Å². The number of nitrogens with one attached hydrogen (secondary N) is 1. The average Bonchev–Trinajstić information content (AvgIpc) is 3.20. The Kier molecular flexibility index (Phi) is 4.08. The molecule has 3 unspecified atom stereocenters. The summed E-state index contributed by atoms with van der Waals surface area (Å²) in [6, 6.07) is 0.492. The molecule has 1 amide bonds. The van der Waals surface area contributed by atoms with Crippen molar-refractivity contribution in [1.29, 1.82) is 0 Å². The van der Waals surface area contributed by atoms with E-state index < -0.39 is 0 Å². The van der Waals surface area contributed by atoms with E-state index >= 15 is 0 Å². The third kappa shape index (κ3) is 3.01. The van der Waals surface area contributed by atoms with Crippen molar-refractivity contribution in [3.05, 3.63) is 0 Å². The molecule has 1 heterocycles. The highest BCUT2D eigenvalue weighted by molar-refractivity contribution is 5.82. The zero-order chi connectivity index (χ0) is 12.4. The summed E-state index contributed by atoms with van der Waals surface area (Å²) in [5.41, 5.74) is 0. The maximum Gasteiger partial charge on any atom is 0.239 e. The number of nitrogens with zero attached hydrogens (tertiary/aromatic N) is 1. The Balaban J connectivity index is 1.89. The van der Waals surface area contributed by atoms with Crippen LogP contribution in [0.1, 0.15) is 46.0 Å². The molecule has 2 rings (SSSR count). The van der Waals surface area contributed by atoms with Crippen molar-refractivity contribution in [2.24, 2.45) is 11.8 Å². The Morgan fingerprint density at radius 1 is 1.41 bits per heavy atom. The van der Waals surface area contributed by atoms with Gasteiger partial charge in [-0.2, -0.15) is 0 Å². The van der Waals surface area contributed by atoms with E-state index in [1.54, 1.807) is 0 Å². The minimum atomic E-state index is 0.0694. The van der Waals surface area contributed by atoms with E-state index in [1.165, 1.54) is 25.7 Å². The molecule has 98 valence electrons. The first-order valence-corrected chi connectivity index (χ1v) is 7.13. The maximum absolute atomic E-state index is 12.4. The van der Waals surface area contributed by atoms with Crippen molar-refractivity contribution in [1.82, 2.24) is 10.2 Å². The van der Waals surface area contributed by atoms with E-state index in [9.17, 15) is 4.79 Å². The fourth-order valence-electron chi connectivity index (χ4n) is 2.90. The molecule has 3 atom stereocenters. The molecule has 1 saturated carbocycles. The fraction of sp³-hybridized carbons (Fsp3) is 0.929. The number of hydrogen-bond acceptors (Lipinski definition) is 2. The highest BCUT2D eigenvalue weighted by atomic mass is 16.2. The topological polar surface area (TPSA) is 32.3 Å². The Morgan fingerprint density at radius 2 is 2.12 bits per heavy atom. The highest BCUT2D eigenvalue weighted by Gasteiger charge is 2.35. The van der Waals surface area contributed by atoms with Gasteiger partial charge >= 0.3 is 0 Å². The lowest BCUT2D eigenvalue weighted by Crippen LogP contribution is -2.51. The van der Waals surface area contributed by atoms with Crippen LogP contribution in [0.25, 0.3) is 0 Å². The molecule has 0 spiro atoms. The molecule has 2 fully saturated rings. The quantitative estimate of drug-likeness (QED) is 0.812. The summed E-state index contributed by atoms with van der Waals surface area (Å²) in [7, 11) is 1.97. The van der Waals surface area contributed by atoms with Crippen molar-refractivity contribution < 1.29 is 4.79 Å². The van der Waals surface area contributed by atoms with Gasteiger partial charge in [0.1, 0.15) is 0 Å². The summed E-state index contributed by atoms with van der Waals surface area (Å²) >= 11 is 0. The Hall–Kier alpha value is -0.570. The van der Waals surface area contributed by atoms with Crippen LogP contribution >= 0.6 is 0 Å². The summed E-state index contributed by atoms with van der Waals surface area (Å²) in [5, 5.41) is 3.39. The molecule has 2 aliphatic rings. The van der Waals surface area contributed by atoms with Gasteiger partial charge in [0.15, 0.2) is 0 Å². The third-order valence-corrected chi connectivity index (χ3v) is 4.65. The maximum atomic E-state index is 12.4. The molecule has 1 aliphatic carbocycles. The van der Waals surface area contributed by atoms with Crippen LogP contribution in [0.4, 0.5) is 0 Å². The predicted octanol–water partition coefficient (Wildman–Crippen LogP) is 2.02. The minimum absolute atomic E-state index is 0.0694. The molecule has 1 aliphatic heterocycles. The van der Waals surface area contributed by atoms with E-state index in [1.807, 2.05) is 11.9 Å². The van der Waals surface area contributed by atoms with E-state index in [0.29, 0.717) is 11.9 Å². The molecule has 0 radical (unpaired) electrons. The molecule has 3 heteroatoms. The average molecular weight is 238 g/mol. The van der Waals surface area contributed by atoms with Gasteiger partial charge < -0.3 is 10.2 Å². The second-order valence-corrected chi connectivity index (χ2v) is 5.83. The van der Waals surface area contributed by atoms with Gasteiger partial charge in [0.2, 0.25) is 5.91 Å². The standard InChI is InChI=1S/C14H26N2O/c1-4-11-7-8-15-13(9-11)14(17)16(3)10(2)12-5-6-12/h10-13,15H,4-9H2,1-3H3. The smallest absolute Gasteiger partial charge is 0.239 e. The Labute approximate surface area is 105 Å². The molecule has 0 aromatic carbocycles. The first-order valence-electron chi connectivity index (χ1n) is 7.13. The molecular weight excluding hydrogens is 212 g/mol. The zero-order valence-electron chi connectivity index (χ0n) is 11.4. The number of amides is 1. The van der Waals surface area contributed by atoms with Gasteiger partial charge in [0.25, 0.3) is 0 Å². The van der Waals surface area contributed by atoms with Crippen LogP contribution in [0.2, 0.25) is 0 Å². The van der Waals surface area contributed by atoms with Crippen LogP contribution in [0.15, 0.2) is 0 Å². The summed E-state index contributed by atoms with van der Waals surface area (Å²) < 4.78 is 0. The van der Waals surface area contributed by atoms with E-state index in [-0.39, 0.29) is 6.04 Å². The second-order valence-electron chi connectivity index (χ2n) is 5.83. The minimum Gasteiger partial charge on any atom is -0.341 e. The SMILES string of the molecule is CCC1CCNC(C(=O)N(C)C(C)C2CC2)C1. The van der Waals surface area contributed by atoms with Crippen LogP contribution in [-0.2, 0) is 4.79 Å². The predicted molar refractivity (Wildman–Crippen MR) is 69.8 cm³/mol. The zero-order valence-corrected chi connectivity index (χ0v) is 11.4. The number of hydrogen-bond donors (Lipinski definition) is 1. The first kappa shape index (κ1) is 12.9. The van der Waals surface area contributed by atoms with E-state index in [2.05, 4.69) is 19.2 Å². The highest BCUT2D eigenvalue weighted by Crippen LogP contribution is 2.35. The molecule has 1 saturated heterocycles. The molecule has 0 aromatic heterocycles. The van der Waals surface area contributed by atoms with Gasteiger partial charge in [0, 0.05) is 13.1 Å². The number of piperidine rings is 1. The molecule has 3 nitrogen and oxygen atoms in total. The van der Waals surface area contributed by atoms with Gasteiger partial charge in [-0.25, -0.2) is 0 Å². The third-order valence-electron chi connectivity index (χ3n) is 4.65. The first-order chi connectivity index (χ1) is 8.13. The number of rotatable bonds is 4. The lowest BCUT2D eigenvalue weighted by Gasteiger charge is -2.34. The number of carbonyl (C=O) groups is 1. The van der Waals surface area contributed by atoms with Crippen molar-refractivity contribution >= 4 is 5.91 Å². The van der Waals surface area contributed by atoms with Crippen molar-refractivity contribution in [3.8, 4) is 0 Å². The summed E-state index contributed by atoms with van der Waals surface area (Å²) in [4.78, 5) is 14.4. The van der Waals surface area contributed by atoms with Crippen LogP contribution in [-0.4, -0.2) is 36.5 Å². The summed E-state index contributed by atoms with van der Waals surface area (Å²) in [6.45, 7) is 5.42. The van der Waals surface area contributed by atoms with E-state index in [4.69, 9.17) is 0 Å². The largest absolute Gasteiger partial charge is 0.341 e. The van der Waals surface area contributed by atoms with Crippen LogP contribution in [0, 0.1) is 11.8 Å². The van der Waals surface area contributed by atoms with Crippen molar-refractivity contribution in [2.45, 2.75) is 58.0 Å². The monoisotopic (exact) mass is 238 g/mol. The molecule has 17 heavy (non-hydrogen) atoms. The van der Waals surface area contributed by atoms with Gasteiger partial charge in [-0.1, -0.05) is 13.3 Å². The van der Waals surface area contributed by atoms with Crippen molar-refractivity contribution in [2.75, 3.05) is 13.6 Å². The second kappa shape index (κ2) is 5.38. The normalized spacial score (nSPS) is 31.0. The van der Waals surface area contributed by atoms with Gasteiger partial charge in [-0.3, -0.25) is 4.79 Å². The van der Waals surface area contributed by atoms with Gasteiger partial charge in [-0.15, -0.1) is 0 Å². The number of likely N-dealkylation sites (N-methyl/N-ethyl adjacent to an activating group) is 1. The summed E-state index contributed by atoms with van der Waals surface area (Å²) in [5.74, 6) is 1.80. The molecule has 0 aromatic rings. The lowest BCUT2D eigenvalue weighted by molar-refractivity contribution is -0.135. The molecule has 1 N–H and O–H groups in total. The van der Waals surface area contributed by atoms with Crippen LogP contribution in [0.3, 0.4) is 0 Å². The van der Waals surface area contributed by atoms with Crippen LogP contribution in [0.5, 0.6) is 0 Å². The van der Waals surface area contributed by atoms with Crippen LogP contribution < -0.4 is 5.32 Å². The molecular formula is C14H26N2O. The Morgan fingerprint density at radius 3 is 2.71 bits per heavy atom.